The molecule has 0 spiro atoms. The van der Waals surface area contributed by atoms with E-state index in [0.29, 0.717) is 0 Å². The quantitative estimate of drug-likeness (QED) is 0.644. The van der Waals surface area contributed by atoms with Crippen LogP contribution in [0, 0.1) is 0 Å². The van der Waals surface area contributed by atoms with E-state index in [-0.39, 0.29) is 0 Å². The highest BCUT2D eigenvalue weighted by Crippen LogP contribution is 2.00. The highest BCUT2D eigenvalue weighted by molar-refractivity contribution is 5.17. The molecule has 0 saturated carbocycles. The fourth-order valence-corrected chi connectivity index (χ4v) is 1.28. The normalized spacial score (nSPS) is 11.4. The SMILES string of the molecule is CN(C)CCC=CCc1ccccc1. The van der Waals surface area contributed by atoms with E-state index in [4.69, 9.17) is 0 Å². The summed E-state index contributed by atoms with van der Waals surface area (Å²) in [5.74, 6) is 0. The molecule has 0 N–H and O–H groups in total. The lowest BCUT2D eigenvalue weighted by Gasteiger charge is -2.05. The predicted octanol–water partition coefficient (Wildman–Crippen LogP) is 2.74. The number of hydrogen-bond acceptors (Lipinski definition) is 1. The average molecular weight is 189 g/mol. The second kappa shape index (κ2) is 6.39. The third kappa shape index (κ3) is 4.83. The van der Waals surface area contributed by atoms with Crippen molar-refractivity contribution in [2.45, 2.75) is 12.8 Å². The van der Waals surface area contributed by atoms with Gasteiger partial charge in [0.2, 0.25) is 0 Å². The maximum absolute atomic E-state index is 2.26. The van der Waals surface area contributed by atoms with Crippen LogP contribution in [0.1, 0.15) is 12.0 Å². The van der Waals surface area contributed by atoms with Crippen molar-refractivity contribution in [2.75, 3.05) is 20.6 Å². The molecule has 1 rings (SSSR count). The molecule has 14 heavy (non-hydrogen) atoms. The molecule has 0 aromatic heterocycles. The van der Waals surface area contributed by atoms with Crippen LogP contribution in [-0.4, -0.2) is 25.5 Å². The summed E-state index contributed by atoms with van der Waals surface area (Å²) in [5, 5.41) is 0. The monoisotopic (exact) mass is 189 g/mol. The molecule has 0 atom stereocenters. The Morgan fingerprint density at radius 3 is 2.43 bits per heavy atom. The van der Waals surface area contributed by atoms with E-state index >= 15 is 0 Å². The van der Waals surface area contributed by atoms with Gasteiger partial charge in [-0.15, -0.1) is 0 Å². The van der Waals surface area contributed by atoms with Gasteiger partial charge in [0.15, 0.2) is 0 Å². The van der Waals surface area contributed by atoms with Crippen LogP contribution in [-0.2, 0) is 6.42 Å². The van der Waals surface area contributed by atoms with Crippen LogP contribution >= 0.6 is 0 Å². The molecule has 0 aliphatic heterocycles. The summed E-state index contributed by atoms with van der Waals surface area (Å²) in [4.78, 5) is 2.20. The first kappa shape index (κ1) is 11.0. The van der Waals surface area contributed by atoms with E-state index in [1.54, 1.807) is 0 Å². The van der Waals surface area contributed by atoms with Gasteiger partial charge in [0, 0.05) is 6.54 Å². The zero-order valence-corrected chi connectivity index (χ0v) is 9.11. The summed E-state index contributed by atoms with van der Waals surface area (Å²) in [6.07, 6.45) is 6.69. The molecule has 1 aromatic carbocycles. The number of nitrogens with zero attached hydrogens (tertiary/aromatic N) is 1. The van der Waals surface area contributed by atoms with Crippen molar-refractivity contribution in [1.29, 1.82) is 0 Å². The lowest BCUT2D eigenvalue weighted by Crippen LogP contribution is -2.11. The maximum atomic E-state index is 2.26. The molecule has 76 valence electrons. The smallest absolute Gasteiger partial charge is 0.000980 e. The van der Waals surface area contributed by atoms with Crippen LogP contribution in [0.5, 0.6) is 0 Å². The van der Waals surface area contributed by atoms with Gasteiger partial charge >= 0.3 is 0 Å². The van der Waals surface area contributed by atoms with Gasteiger partial charge in [-0.2, -0.15) is 0 Å². The zero-order valence-electron chi connectivity index (χ0n) is 9.11. The van der Waals surface area contributed by atoms with E-state index in [1.165, 1.54) is 5.56 Å². The van der Waals surface area contributed by atoms with Crippen molar-refractivity contribution in [1.82, 2.24) is 4.90 Å². The van der Waals surface area contributed by atoms with Crippen molar-refractivity contribution in [3.8, 4) is 0 Å². The van der Waals surface area contributed by atoms with Crippen LogP contribution in [0.15, 0.2) is 42.5 Å². The van der Waals surface area contributed by atoms with Crippen molar-refractivity contribution in [3.05, 3.63) is 48.0 Å². The number of hydrogen-bond donors (Lipinski definition) is 0. The third-order valence-electron chi connectivity index (χ3n) is 2.11. The summed E-state index contributed by atoms with van der Waals surface area (Å²) in [6.45, 7) is 1.13. The molecule has 0 amide bonds. The summed E-state index contributed by atoms with van der Waals surface area (Å²) in [7, 11) is 4.20. The summed E-state index contributed by atoms with van der Waals surface area (Å²) in [5.41, 5.74) is 1.38. The summed E-state index contributed by atoms with van der Waals surface area (Å²) >= 11 is 0. The zero-order chi connectivity index (χ0) is 10.2. The Morgan fingerprint density at radius 2 is 1.79 bits per heavy atom. The fourth-order valence-electron chi connectivity index (χ4n) is 1.28. The molecule has 1 nitrogen and oxygen atoms in total. The van der Waals surface area contributed by atoms with Gasteiger partial charge in [0.1, 0.15) is 0 Å². The fraction of sp³-hybridized carbons (Fsp3) is 0.385. The van der Waals surface area contributed by atoms with Crippen LogP contribution in [0.25, 0.3) is 0 Å². The predicted molar refractivity (Wildman–Crippen MR) is 62.5 cm³/mol. The molecule has 0 radical (unpaired) electrons. The second-order valence-electron chi connectivity index (χ2n) is 3.75. The van der Waals surface area contributed by atoms with Gasteiger partial charge in [-0.25, -0.2) is 0 Å². The van der Waals surface area contributed by atoms with E-state index < -0.39 is 0 Å². The Hall–Kier alpha value is -1.08. The standard InChI is InChI=1S/C13H19N/c1-14(2)12-8-4-7-11-13-9-5-3-6-10-13/h3-7,9-10H,8,11-12H2,1-2H3. The topological polar surface area (TPSA) is 3.24 Å². The molecule has 0 aliphatic rings. The number of benzene rings is 1. The molecule has 0 unspecified atom stereocenters. The molecule has 1 heteroatoms. The second-order valence-corrected chi connectivity index (χ2v) is 3.75. The van der Waals surface area contributed by atoms with Gasteiger partial charge in [-0.05, 0) is 32.5 Å². The molecule has 0 heterocycles. The Labute approximate surface area is 87.1 Å². The minimum Gasteiger partial charge on any atom is -0.309 e. The van der Waals surface area contributed by atoms with Crippen molar-refractivity contribution >= 4 is 0 Å². The van der Waals surface area contributed by atoms with Crippen LogP contribution in [0.3, 0.4) is 0 Å². The third-order valence-corrected chi connectivity index (χ3v) is 2.11. The lowest BCUT2D eigenvalue weighted by molar-refractivity contribution is 0.417. The van der Waals surface area contributed by atoms with Crippen molar-refractivity contribution in [2.24, 2.45) is 0 Å². The van der Waals surface area contributed by atoms with Gasteiger partial charge < -0.3 is 4.90 Å². The molecule has 0 saturated heterocycles. The van der Waals surface area contributed by atoms with E-state index in [0.717, 1.165) is 19.4 Å². The molecular formula is C13H19N. The molecule has 0 fully saturated rings. The largest absolute Gasteiger partial charge is 0.309 e. The first-order chi connectivity index (χ1) is 6.79. The molecule has 1 aromatic rings. The Bertz CT molecular complexity index is 262. The maximum Gasteiger partial charge on any atom is 0.000980 e. The first-order valence-electron chi connectivity index (χ1n) is 5.12. The Kier molecular flexibility index (Phi) is 5.02. The Balaban J connectivity index is 2.21. The lowest BCUT2D eigenvalue weighted by atomic mass is 10.1. The molecular weight excluding hydrogens is 170 g/mol. The van der Waals surface area contributed by atoms with Gasteiger partial charge in [-0.3, -0.25) is 0 Å². The minimum atomic E-state index is 1.05. The van der Waals surface area contributed by atoms with Crippen LogP contribution in [0.2, 0.25) is 0 Å². The Morgan fingerprint density at radius 1 is 1.07 bits per heavy atom. The average Bonchev–Trinajstić information content (AvgIpc) is 2.18. The highest BCUT2D eigenvalue weighted by atomic mass is 15.0. The summed E-state index contributed by atoms with van der Waals surface area (Å²) < 4.78 is 0. The minimum absolute atomic E-state index is 1.05. The van der Waals surface area contributed by atoms with Crippen LogP contribution in [0.4, 0.5) is 0 Å². The first-order valence-corrected chi connectivity index (χ1v) is 5.12. The number of allylic oxidation sites excluding steroid dienone is 1. The van der Waals surface area contributed by atoms with Crippen molar-refractivity contribution in [3.63, 3.8) is 0 Å². The molecule has 0 bridgehead atoms. The van der Waals surface area contributed by atoms with Gasteiger partial charge in [0.05, 0.1) is 0 Å². The van der Waals surface area contributed by atoms with Crippen LogP contribution < -0.4 is 0 Å². The van der Waals surface area contributed by atoms with Gasteiger partial charge in [0.25, 0.3) is 0 Å². The van der Waals surface area contributed by atoms with E-state index in [2.05, 4.69) is 61.5 Å². The molecule has 0 aliphatic carbocycles. The van der Waals surface area contributed by atoms with Gasteiger partial charge in [-0.1, -0.05) is 42.5 Å². The summed E-state index contributed by atoms with van der Waals surface area (Å²) in [6, 6.07) is 10.6. The van der Waals surface area contributed by atoms with Crippen molar-refractivity contribution < 1.29 is 0 Å². The highest BCUT2D eigenvalue weighted by Gasteiger charge is 1.87. The van der Waals surface area contributed by atoms with E-state index in [1.807, 2.05) is 0 Å². The van der Waals surface area contributed by atoms with E-state index in [9.17, 15) is 0 Å². The number of rotatable bonds is 5.